The third-order valence-corrected chi connectivity index (χ3v) is 10.5. The first-order chi connectivity index (χ1) is 32.0. The van der Waals surface area contributed by atoms with E-state index in [9.17, 15) is 73.2 Å². The lowest BCUT2D eigenvalue weighted by molar-refractivity contribution is -0.139. The Morgan fingerprint density at radius 1 is 0.574 bits per heavy atom. The second kappa shape index (κ2) is 26.4. The summed E-state index contributed by atoms with van der Waals surface area (Å²) in [6.45, 7) is 3.85. The van der Waals surface area contributed by atoms with E-state index in [0.717, 1.165) is 0 Å². The number of phenolic OH excluding ortho intramolecular Hbond substituents is 2. The van der Waals surface area contributed by atoms with Crippen LogP contribution in [-0.2, 0) is 65.6 Å². The molecule has 1 saturated heterocycles. The van der Waals surface area contributed by atoms with Gasteiger partial charge in [0.05, 0.1) is 6.54 Å². The van der Waals surface area contributed by atoms with Gasteiger partial charge >= 0.3 is 11.9 Å². The van der Waals surface area contributed by atoms with Gasteiger partial charge in [0.25, 0.3) is 0 Å². The summed E-state index contributed by atoms with van der Waals surface area (Å²) in [4.78, 5) is 145. The maximum Gasteiger partial charge on any atom is 0.303 e. The van der Waals surface area contributed by atoms with Gasteiger partial charge in [0.2, 0.25) is 53.2 Å². The lowest BCUT2D eigenvalue weighted by Gasteiger charge is -2.26. The Morgan fingerprint density at radius 3 is 1.50 bits per heavy atom. The van der Waals surface area contributed by atoms with E-state index in [1.54, 1.807) is 13.8 Å². The lowest BCUT2D eigenvalue weighted by atomic mass is 10.0. The number of primary amides is 1. The molecule has 1 aliphatic rings. The van der Waals surface area contributed by atoms with Crippen LogP contribution in [0.2, 0.25) is 0 Å². The zero-order valence-electron chi connectivity index (χ0n) is 37.7. The summed E-state index contributed by atoms with van der Waals surface area (Å²) in [7, 11) is 0. The fraction of sp³-hybridized carbons (Fsp3) is 0.477. The van der Waals surface area contributed by atoms with Gasteiger partial charge in [-0.05, 0) is 73.9 Å². The molecule has 7 atom stereocenters. The summed E-state index contributed by atoms with van der Waals surface area (Å²) in [5, 5.41) is 57.8. The van der Waals surface area contributed by atoms with Gasteiger partial charge in [-0.15, -0.1) is 0 Å². The molecule has 0 aromatic heterocycles. The largest absolute Gasteiger partial charge is 0.508 e. The predicted octanol–water partition coefficient (Wildman–Crippen LogP) is -2.53. The van der Waals surface area contributed by atoms with Gasteiger partial charge in [0, 0.05) is 32.1 Å². The lowest BCUT2D eigenvalue weighted by Crippen LogP contribution is -2.59. The molecular weight excluding hydrogens is 895 g/mol. The molecule has 0 unspecified atom stereocenters. The molecule has 0 aliphatic carbocycles. The van der Waals surface area contributed by atoms with E-state index in [2.05, 4.69) is 42.5 Å². The van der Waals surface area contributed by atoms with Gasteiger partial charge in [0.1, 0.15) is 53.8 Å². The standard InChI is InChI=1S/C44H59N9O15/c1-22(2)18-31-43(67)52-30(14-17-37(60)61)41(65)50-28(38(45)62)12-15-34(56)48-32(19-24-4-8-26(54)9-5-24)44(68)53-33(20-25-6-10-27(55)11-7-25)42(66)47-23(3)39(63)51-29(13-16-36(58)59)40(64)46-21-35(57)49-31/h4-11,22-23,28-33,54-55H,12-21H2,1-3H3,(H2,45,62)(H,46,64)(H,47,66)(H,48,56)(H,49,57)(H,50,65)(H,51,63)(H,52,67)(H,53,68)(H,58,59)(H,60,61)/t23-,28-,29-,30-,31-,32-,33-/m0/s1. The van der Waals surface area contributed by atoms with Crippen LogP contribution in [0.15, 0.2) is 48.5 Å². The number of amides is 9. The number of aliphatic carboxylic acids is 2. The van der Waals surface area contributed by atoms with Crippen LogP contribution < -0.4 is 48.3 Å². The first kappa shape index (κ1) is 54.5. The summed E-state index contributed by atoms with van der Waals surface area (Å²) < 4.78 is 0. The predicted molar refractivity (Wildman–Crippen MR) is 237 cm³/mol. The summed E-state index contributed by atoms with van der Waals surface area (Å²) >= 11 is 0. The van der Waals surface area contributed by atoms with E-state index in [1.165, 1.54) is 55.5 Å². The summed E-state index contributed by atoms with van der Waals surface area (Å²) in [5.74, 6) is -11.9. The van der Waals surface area contributed by atoms with Gasteiger partial charge in [-0.3, -0.25) is 52.7 Å². The van der Waals surface area contributed by atoms with Crippen molar-refractivity contribution in [2.24, 2.45) is 11.7 Å². The maximum atomic E-state index is 14.1. The normalized spacial score (nSPS) is 23.3. The number of carboxylic acid groups (broad SMARTS) is 2. The van der Waals surface area contributed by atoms with E-state index in [0.29, 0.717) is 11.1 Å². The number of rotatable bonds is 13. The molecule has 24 heteroatoms. The van der Waals surface area contributed by atoms with Crippen molar-refractivity contribution in [1.29, 1.82) is 0 Å². The van der Waals surface area contributed by atoms with Gasteiger partial charge in [0.15, 0.2) is 0 Å². The van der Waals surface area contributed by atoms with E-state index in [-0.39, 0.29) is 36.7 Å². The summed E-state index contributed by atoms with van der Waals surface area (Å²) in [6, 6.07) is 0.645. The number of nitrogens with two attached hydrogens (primary N) is 1. The van der Waals surface area contributed by atoms with Crippen molar-refractivity contribution in [3.63, 3.8) is 0 Å². The van der Waals surface area contributed by atoms with Crippen LogP contribution in [0.1, 0.15) is 76.8 Å². The molecule has 0 saturated carbocycles. The number of benzene rings is 2. The topological polar surface area (TPSA) is 391 Å². The third kappa shape index (κ3) is 19.0. The quantitative estimate of drug-likeness (QED) is 0.0985. The third-order valence-electron chi connectivity index (χ3n) is 10.5. The van der Waals surface area contributed by atoms with Gasteiger partial charge in [-0.1, -0.05) is 38.1 Å². The minimum Gasteiger partial charge on any atom is -0.508 e. The van der Waals surface area contributed by atoms with E-state index in [4.69, 9.17) is 5.73 Å². The molecule has 2 aromatic carbocycles. The van der Waals surface area contributed by atoms with Crippen molar-refractivity contribution in [3.8, 4) is 11.5 Å². The Labute approximate surface area is 390 Å². The van der Waals surface area contributed by atoms with Crippen LogP contribution in [-0.4, -0.2) is 134 Å². The molecule has 1 aliphatic heterocycles. The first-order valence-corrected chi connectivity index (χ1v) is 21.7. The molecule has 3 rings (SSSR count). The minimum absolute atomic E-state index is 0.0275. The van der Waals surface area contributed by atoms with Crippen molar-refractivity contribution in [3.05, 3.63) is 59.7 Å². The molecule has 14 N–H and O–H groups in total. The summed E-state index contributed by atoms with van der Waals surface area (Å²) in [5.41, 5.74) is 6.44. The maximum absolute atomic E-state index is 14.1. The van der Waals surface area contributed by atoms with Crippen molar-refractivity contribution in [2.45, 2.75) is 121 Å². The molecule has 0 bridgehead atoms. The molecule has 9 amide bonds. The highest BCUT2D eigenvalue weighted by atomic mass is 16.4. The number of carboxylic acids is 2. The Morgan fingerprint density at radius 2 is 1.00 bits per heavy atom. The number of carbonyl (C=O) groups is 11. The Kier molecular flexibility index (Phi) is 21.2. The Balaban J connectivity index is 2.08. The number of nitrogens with one attached hydrogen (secondary N) is 8. The van der Waals surface area contributed by atoms with E-state index in [1.807, 2.05) is 0 Å². The van der Waals surface area contributed by atoms with E-state index >= 15 is 0 Å². The highest BCUT2D eigenvalue weighted by molar-refractivity contribution is 5.98. The Hall–Kier alpha value is -7.79. The second-order valence-electron chi connectivity index (χ2n) is 16.6. The number of phenols is 2. The monoisotopic (exact) mass is 953 g/mol. The highest BCUT2D eigenvalue weighted by Gasteiger charge is 2.33. The SMILES string of the molecule is CC(C)C[C@@H]1NC(=O)CNC(=O)[C@H](CCC(=O)O)NC(=O)[C@H](C)NC(=O)[C@H](Cc2ccc(O)cc2)NC(=O)[C@H](Cc2ccc(O)cc2)NC(=O)CC[C@@H](C(N)=O)NC(=O)[C@H](CCC(=O)O)NC1=O. The van der Waals surface area contributed by atoms with Crippen LogP contribution in [0, 0.1) is 5.92 Å². The van der Waals surface area contributed by atoms with E-state index < -0.39 is 152 Å². The van der Waals surface area contributed by atoms with Crippen LogP contribution in [0.3, 0.4) is 0 Å². The minimum atomic E-state index is -1.62. The van der Waals surface area contributed by atoms with Crippen LogP contribution >= 0.6 is 0 Å². The molecule has 24 nitrogen and oxygen atoms in total. The van der Waals surface area contributed by atoms with Crippen molar-refractivity contribution >= 4 is 65.1 Å². The molecule has 2 aromatic rings. The first-order valence-electron chi connectivity index (χ1n) is 21.7. The van der Waals surface area contributed by atoms with Gasteiger partial charge in [-0.25, -0.2) is 0 Å². The smallest absolute Gasteiger partial charge is 0.303 e. The molecule has 370 valence electrons. The average molecular weight is 954 g/mol. The van der Waals surface area contributed by atoms with Crippen molar-refractivity contribution < 1.29 is 73.2 Å². The molecule has 1 heterocycles. The number of aromatic hydroxyl groups is 2. The second-order valence-corrected chi connectivity index (χ2v) is 16.6. The summed E-state index contributed by atoms with van der Waals surface area (Å²) in [6.07, 6.45) is -3.72. The van der Waals surface area contributed by atoms with Crippen molar-refractivity contribution in [1.82, 2.24) is 42.5 Å². The fourth-order valence-corrected chi connectivity index (χ4v) is 6.79. The molecule has 1 fully saturated rings. The van der Waals surface area contributed by atoms with Crippen molar-refractivity contribution in [2.75, 3.05) is 6.54 Å². The zero-order chi connectivity index (χ0) is 50.7. The van der Waals surface area contributed by atoms with Gasteiger partial charge in [-0.2, -0.15) is 0 Å². The molecule has 0 radical (unpaired) electrons. The highest BCUT2D eigenvalue weighted by Crippen LogP contribution is 2.15. The molecular formula is C44H59N9O15. The number of hydrogen-bond donors (Lipinski definition) is 13. The average Bonchev–Trinajstić information content (AvgIpc) is 3.26. The zero-order valence-corrected chi connectivity index (χ0v) is 37.7. The van der Waals surface area contributed by atoms with Crippen LogP contribution in [0.5, 0.6) is 11.5 Å². The van der Waals surface area contributed by atoms with Crippen LogP contribution in [0.4, 0.5) is 0 Å². The van der Waals surface area contributed by atoms with Crippen LogP contribution in [0.25, 0.3) is 0 Å². The molecule has 68 heavy (non-hydrogen) atoms. The Bertz CT molecular complexity index is 2170. The number of carbonyl (C=O) groups excluding carboxylic acids is 9. The number of hydrogen-bond acceptors (Lipinski definition) is 13. The molecule has 0 spiro atoms. The fourth-order valence-electron chi connectivity index (χ4n) is 6.79. The van der Waals surface area contributed by atoms with Gasteiger partial charge < -0.3 is 68.7 Å².